The molecule has 1 aliphatic rings. The van der Waals surface area contributed by atoms with Crippen LogP contribution in [0.25, 0.3) is 10.9 Å². The lowest BCUT2D eigenvalue weighted by Crippen LogP contribution is -2.34. The summed E-state index contributed by atoms with van der Waals surface area (Å²) in [5, 5.41) is 6.43. The van der Waals surface area contributed by atoms with Gasteiger partial charge in [-0.3, -0.25) is 5.43 Å². The van der Waals surface area contributed by atoms with Crippen LogP contribution in [0.15, 0.2) is 18.3 Å². The van der Waals surface area contributed by atoms with Gasteiger partial charge in [0.05, 0.1) is 19.7 Å². The van der Waals surface area contributed by atoms with Gasteiger partial charge in [0.1, 0.15) is 0 Å². The van der Waals surface area contributed by atoms with E-state index in [2.05, 4.69) is 25.7 Å². The van der Waals surface area contributed by atoms with Gasteiger partial charge in [-0.25, -0.2) is 15.0 Å². The molecule has 23 heavy (non-hydrogen) atoms. The lowest BCUT2D eigenvalue weighted by atomic mass is 10.2. The van der Waals surface area contributed by atoms with Gasteiger partial charge in [0.25, 0.3) is 0 Å². The molecule has 0 bridgehead atoms. The zero-order chi connectivity index (χ0) is 15.4. The van der Waals surface area contributed by atoms with Crippen molar-refractivity contribution in [3.05, 3.63) is 18.3 Å². The molecule has 2 N–H and O–H groups in total. The van der Waals surface area contributed by atoms with Crippen molar-refractivity contribution in [3.63, 3.8) is 0 Å². The maximum absolute atomic E-state index is 5.33. The Bertz CT molecular complexity index is 647. The van der Waals surface area contributed by atoms with Gasteiger partial charge in [0.15, 0.2) is 11.5 Å². The molecule has 1 aliphatic heterocycles. The zero-order valence-corrected chi connectivity index (χ0v) is 14.2. The molecule has 0 aliphatic carbocycles. The zero-order valence-electron chi connectivity index (χ0n) is 13.3. The maximum atomic E-state index is 5.33. The predicted molar refractivity (Wildman–Crippen MR) is 92.6 cm³/mol. The first-order valence-electron chi connectivity index (χ1n) is 7.41. The van der Waals surface area contributed by atoms with Crippen LogP contribution < -0.4 is 20.2 Å². The lowest BCUT2D eigenvalue weighted by molar-refractivity contribution is 0.349. The average molecular weight is 340 g/mol. The highest BCUT2D eigenvalue weighted by atomic mass is 35.5. The summed E-state index contributed by atoms with van der Waals surface area (Å²) in [6, 6.07) is 3.75. The fourth-order valence-corrected chi connectivity index (χ4v) is 2.51. The first-order chi connectivity index (χ1) is 10.8. The SMILES string of the molecule is COc1cc2cnc(NN3CCCNCC3)nc2cc1OC.Cl. The number of rotatable bonds is 4. The van der Waals surface area contributed by atoms with Crippen molar-refractivity contribution in [2.24, 2.45) is 0 Å². The topological polar surface area (TPSA) is 71.5 Å². The summed E-state index contributed by atoms with van der Waals surface area (Å²) >= 11 is 0. The highest BCUT2D eigenvalue weighted by Crippen LogP contribution is 2.31. The number of anilines is 1. The van der Waals surface area contributed by atoms with Crippen molar-refractivity contribution >= 4 is 29.3 Å². The normalized spacial score (nSPS) is 15.6. The van der Waals surface area contributed by atoms with Crippen LogP contribution in [0.5, 0.6) is 11.5 Å². The monoisotopic (exact) mass is 339 g/mol. The second kappa shape index (κ2) is 8.14. The van der Waals surface area contributed by atoms with Gasteiger partial charge < -0.3 is 14.8 Å². The molecule has 3 rings (SSSR count). The molecule has 0 atom stereocenters. The van der Waals surface area contributed by atoms with Crippen LogP contribution in [0, 0.1) is 0 Å². The van der Waals surface area contributed by atoms with Crippen molar-refractivity contribution in [2.45, 2.75) is 6.42 Å². The molecular weight excluding hydrogens is 318 g/mol. The van der Waals surface area contributed by atoms with Crippen LogP contribution >= 0.6 is 12.4 Å². The standard InChI is InChI=1S/C15H21N5O2.ClH/c1-21-13-8-11-10-17-15(18-12(11)9-14(13)22-2)19-20-6-3-4-16-5-7-20;/h8-10,16H,3-7H2,1-2H3,(H,17,18,19);1H. The van der Waals surface area contributed by atoms with E-state index < -0.39 is 0 Å². The van der Waals surface area contributed by atoms with E-state index in [9.17, 15) is 0 Å². The number of fused-ring (bicyclic) bond motifs is 1. The molecule has 1 fully saturated rings. The molecule has 8 heteroatoms. The molecule has 0 radical (unpaired) electrons. The number of hydrazine groups is 1. The summed E-state index contributed by atoms with van der Waals surface area (Å²) in [5.74, 6) is 1.94. The number of hydrogen-bond donors (Lipinski definition) is 2. The van der Waals surface area contributed by atoms with E-state index >= 15 is 0 Å². The van der Waals surface area contributed by atoms with Crippen LogP contribution in [0.4, 0.5) is 5.95 Å². The number of hydrogen-bond acceptors (Lipinski definition) is 7. The van der Waals surface area contributed by atoms with E-state index in [0.29, 0.717) is 17.4 Å². The van der Waals surface area contributed by atoms with Crippen molar-refractivity contribution in [1.29, 1.82) is 0 Å². The summed E-state index contributed by atoms with van der Waals surface area (Å²) in [6.07, 6.45) is 2.90. The minimum atomic E-state index is 0. The Morgan fingerprint density at radius 2 is 1.91 bits per heavy atom. The van der Waals surface area contributed by atoms with E-state index in [-0.39, 0.29) is 12.4 Å². The molecule has 1 saturated heterocycles. The molecule has 126 valence electrons. The minimum absolute atomic E-state index is 0. The van der Waals surface area contributed by atoms with Crippen molar-refractivity contribution in [2.75, 3.05) is 45.8 Å². The molecule has 0 spiro atoms. The fraction of sp³-hybridized carbons (Fsp3) is 0.467. The highest BCUT2D eigenvalue weighted by molar-refractivity contribution is 5.85. The third kappa shape index (κ3) is 4.13. The Morgan fingerprint density at radius 1 is 1.13 bits per heavy atom. The van der Waals surface area contributed by atoms with E-state index in [1.165, 1.54) is 0 Å². The third-order valence-corrected chi connectivity index (χ3v) is 3.68. The highest BCUT2D eigenvalue weighted by Gasteiger charge is 2.11. The van der Waals surface area contributed by atoms with E-state index in [1.807, 2.05) is 12.1 Å². The maximum Gasteiger partial charge on any atom is 0.238 e. The average Bonchev–Trinajstić information content (AvgIpc) is 2.82. The molecule has 1 aromatic carbocycles. The summed E-state index contributed by atoms with van der Waals surface area (Å²) in [5.41, 5.74) is 4.10. The van der Waals surface area contributed by atoms with E-state index in [1.54, 1.807) is 20.4 Å². The minimum Gasteiger partial charge on any atom is -0.493 e. The van der Waals surface area contributed by atoms with Gasteiger partial charge in [-0.15, -0.1) is 12.4 Å². The molecule has 7 nitrogen and oxygen atoms in total. The van der Waals surface area contributed by atoms with Crippen molar-refractivity contribution < 1.29 is 9.47 Å². The third-order valence-electron chi connectivity index (χ3n) is 3.68. The van der Waals surface area contributed by atoms with Crippen molar-refractivity contribution in [1.82, 2.24) is 20.3 Å². The quantitative estimate of drug-likeness (QED) is 0.878. The second-order valence-electron chi connectivity index (χ2n) is 5.16. The van der Waals surface area contributed by atoms with E-state index in [0.717, 1.165) is 43.5 Å². The first kappa shape index (κ1) is 17.5. The Morgan fingerprint density at radius 3 is 2.70 bits per heavy atom. The Kier molecular flexibility index (Phi) is 6.20. The van der Waals surface area contributed by atoms with Crippen LogP contribution in [-0.4, -0.2) is 55.4 Å². The van der Waals surface area contributed by atoms with Gasteiger partial charge in [0.2, 0.25) is 5.95 Å². The molecule has 0 unspecified atom stereocenters. The summed E-state index contributed by atoms with van der Waals surface area (Å²) in [6.45, 7) is 3.91. The van der Waals surface area contributed by atoms with Crippen molar-refractivity contribution in [3.8, 4) is 11.5 Å². The van der Waals surface area contributed by atoms with Gasteiger partial charge in [-0.2, -0.15) is 0 Å². The summed E-state index contributed by atoms with van der Waals surface area (Å²) in [4.78, 5) is 8.95. The second-order valence-corrected chi connectivity index (χ2v) is 5.16. The number of aromatic nitrogens is 2. The summed E-state index contributed by atoms with van der Waals surface area (Å²) < 4.78 is 10.6. The number of ether oxygens (including phenoxy) is 2. The number of nitrogens with one attached hydrogen (secondary N) is 2. The molecule has 2 aromatic rings. The molecule has 0 saturated carbocycles. The lowest BCUT2D eigenvalue weighted by Gasteiger charge is -2.20. The Hall–Kier alpha value is -1.83. The largest absolute Gasteiger partial charge is 0.493 e. The van der Waals surface area contributed by atoms with Crippen LogP contribution in [0.2, 0.25) is 0 Å². The first-order valence-corrected chi connectivity index (χ1v) is 7.41. The van der Waals surface area contributed by atoms with E-state index in [4.69, 9.17) is 9.47 Å². The van der Waals surface area contributed by atoms with Gasteiger partial charge in [-0.1, -0.05) is 0 Å². The molecule has 0 amide bonds. The number of halogens is 1. The van der Waals surface area contributed by atoms with Gasteiger partial charge in [0, 0.05) is 37.3 Å². The summed E-state index contributed by atoms with van der Waals surface area (Å²) in [7, 11) is 3.24. The number of nitrogens with zero attached hydrogens (tertiary/aromatic N) is 3. The Labute approximate surface area is 141 Å². The predicted octanol–water partition coefficient (Wildman–Crippen LogP) is 1.69. The number of benzene rings is 1. The van der Waals surface area contributed by atoms with Crippen LogP contribution in [-0.2, 0) is 0 Å². The molecule has 1 aromatic heterocycles. The van der Waals surface area contributed by atoms with Gasteiger partial charge >= 0.3 is 0 Å². The van der Waals surface area contributed by atoms with Gasteiger partial charge in [-0.05, 0) is 19.0 Å². The fourth-order valence-electron chi connectivity index (χ4n) is 2.51. The molecule has 2 heterocycles. The number of methoxy groups -OCH3 is 2. The Balaban J connectivity index is 0.00000192. The molecular formula is C15H22ClN5O2. The van der Waals surface area contributed by atoms with Crippen LogP contribution in [0.1, 0.15) is 6.42 Å². The smallest absolute Gasteiger partial charge is 0.238 e. The van der Waals surface area contributed by atoms with Crippen LogP contribution in [0.3, 0.4) is 0 Å².